The van der Waals surface area contributed by atoms with Crippen molar-refractivity contribution in [1.29, 1.82) is 0 Å². The summed E-state index contributed by atoms with van der Waals surface area (Å²) in [6, 6.07) is 9.97. The molecule has 4 heteroatoms. The number of fused-ring (bicyclic) bond motifs is 1. The first-order valence-electron chi connectivity index (χ1n) is 5.92. The molecule has 1 aromatic carbocycles. The molecule has 94 valence electrons. The Balaban J connectivity index is 2.30. The number of para-hydroxylation sites is 1. The molecule has 1 heterocycles. The predicted octanol–water partition coefficient (Wildman–Crippen LogP) is 1.95. The average molecular weight is 245 g/mol. The fraction of sp³-hybridized carbons (Fsp3) is 0.286. The average Bonchev–Trinajstić information content (AvgIpc) is 2.75. The molecular weight excluding hydrogens is 230 g/mol. The number of esters is 1. The number of rotatable bonds is 5. The lowest BCUT2D eigenvalue weighted by atomic mass is 10.2. The molecule has 0 fully saturated rings. The first-order chi connectivity index (χ1) is 8.76. The van der Waals surface area contributed by atoms with Crippen LogP contribution in [0.2, 0.25) is 0 Å². The van der Waals surface area contributed by atoms with Crippen LogP contribution in [0.1, 0.15) is 12.6 Å². The van der Waals surface area contributed by atoms with Gasteiger partial charge in [0.15, 0.2) is 6.29 Å². The van der Waals surface area contributed by atoms with Gasteiger partial charge in [-0.3, -0.25) is 9.59 Å². The lowest BCUT2D eigenvalue weighted by Crippen LogP contribution is -2.16. The summed E-state index contributed by atoms with van der Waals surface area (Å²) < 4.78 is 6.72. The van der Waals surface area contributed by atoms with Crippen LogP contribution in [0.3, 0.4) is 0 Å². The Kier molecular flexibility index (Phi) is 3.77. The monoisotopic (exact) mass is 245 g/mol. The smallest absolute Gasteiger partial charge is 0.326 e. The van der Waals surface area contributed by atoms with Gasteiger partial charge in [0.25, 0.3) is 0 Å². The van der Waals surface area contributed by atoms with E-state index in [1.165, 1.54) is 0 Å². The number of carbonyl (C=O) groups is 2. The predicted molar refractivity (Wildman–Crippen MR) is 68.3 cm³/mol. The standard InChI is InChI=1S/C14H15NO3/c1-2-12-9-11-5-3-4-6-13(11)15(12)10-14(17)18-8-7-16/h3-7,9H,2,8,10H2,1H3. The van der Waals surface area contributed by atoms with Crippen LogP contribution in [0.4, 0.5) is 0 Å². The molecule has 0 aliphatic carbocycles. The van der Waals surface area contributed by atoms with Crippen LogP contribution in [0, 0.1) is 0 Å². The number of aryl methyl sites for hydroxylation is 1. The van der Waals surface area contributed by atoms with Gasteiger partial charge in [-0.05, 0) is 23.9 Å². The second-order valence-electron chi connectivity index (χ2n) is 3.98. The zero-order valence-electron chi connectivity index (χ0n) is 10.3. The van der Waals surface area contributed by atoms with Crippen LogP contribution in [0.5, 0.6) is 0 Å². The minimum Gasteiger partial charge on any atom is -0.457 e. The van der Waals surface area contributed by atoms with Gasteiger partial charge in [-0.25, -0.2) is 0 Å². The number of benzene rings is 1. The third-order valence-electron chi connectivity index (χ3n) is 2.86. The van der Waals surface area contributed by atoms with Crippen molar-refractivity contribution < 1.29 is 14.3 Å². The molecule has 0 atom stereocenters. The van der Waals surface area contributed by atoms with E-state index in [1.807, 2.05) is 35.8 Å². The van der Waals surface area contributed by atoms with Crippen molar-refractivity contribution in [1.82, 2.24) is 4.57 Å². The Bertz CT molecular complexity index is 571. The lowest BCUT2D eigenvalue weighted by Gasteiger charge is -2.08. The van der Waals surface area contributed by atoms with Crippen LogP contribution in [0.15, 0.2) is 30.3 Å². The van der Waals surface area contributed by atoms with Crippen molar-refractivity contribution >= 4 is 23.2 Å². The second kappa shape index (κ2) is 5.49. The molecule has 0 saturated heterocycles. The maximum atomic E-state index is 11.6. The summed E-state index contributed by atoms with van der Waals surface area (Å²) in [6.07, 6.45) is 1.42. The molecule has 1 aromatic heterocycles. The quantitative estimate of drug-likeness (QED) is 0.597. The largest absolute Gasteiger partial charge is 0.457 e. The molecule has 0 N–H and O–H groups in total. The summed E-state index contributed by atoms with van der Waals surface area (Å²) in [5, 5.41) is 1.11. The van der Waals surface area contributed by atoms with E-state index in [0.717, 1.165) is 23.0 Å². The Morgan fingerprint density at radius 2 is 2.17 bits per heavy atom. The van der Waals surface area contributed by atoms with E-state index in [4.69, 9.17) is 4.74 Å². The highest BCUT2D eigenvalue weighted by molar-refractivity contribution is 5.83. The molecule has 0 aliphatic rings. The van der Waals surface area contributed by atoms with E-state index in [2.05, 4.69) is 6.07 Å². The lowest BCUT2D eigenvalue weighted by molar-refractivity contribution is -0.146. The maximum Gasteiger partial charge on any atom is 0.326 e. The number of nitrogens with zero attached hydrogens (tertiary/aromatic N) is 1. The number of ether oxygens (including phenoxy) is 1. The van der Waals surface area contributed by atoms with Gasteiger partial charge in [0.1, 0.15) is 13.2 Å². The Hall–Kier alpha value is -2.10. The van der Waals surface area contributed by atoms with Crippen LogP contribution in [-0.2, 0) is 27.3 Å². The molecule has 0 saturated carbocycles. The van der Waals surface area contributed by atoms with E-state index < -0.39 is 5.97 Å². The number of carbonyl (C=O) groups excluding carboxylic acids is 2. The van der Waals surface area contributed by atoms with Gasteiger partial charge >= 0.3 is 5.97 Å². The van der Waals surface area contributed by atoms with E-state index in [9.17, 15) is 9.59 Å². The summed E-state index contributed by atoms with van der Waals surface area (Å²) in [7, 11) is 0. The summed E-state index contributed by atoms with van der Waals surface area (Å²) in [5.74, 6) is -0.391. The van der Waals surface area contributed by atoms with Crippen LogP contribution in [0.25, 0.3) is 10.9 Å². The highest BCUT2D eigenvalue weighted by atomic mass is 16.5. The Morgan fingerprint density at radius 1 is 1.39 bits per heavy atom. The minimum atomic E-state index is -0.391. The molecule has 18 heavy (non-hydrogen) atoms. The first-order valence-corrected chi connectivity index (χ1v) is 5.92. The minimum absolute atomic E-state index is 0.143. The molecule has 4 nitrogen and oxygen atoms in total. The van der Waals surface area contributed by atoms with E-state index in [-0.39, 0.29) is 13.2 Å². The van der Waals surface area contributed by atoms with Crippen LogP contribution in [-0.4, -0.2) is 23.4 Å². The molecule has 0 unspecified atom stereocenters. The van der Waals surface area contributed by atoms with Gasteiger partial charge in [-0.2, -0.15) is 0 Å². The molecule has 0 aliphatic heterocycles. The molecule has 2 rings (SSSR count). The number of hydrogen-bond donors (Lipinski definition) is 0. The van der Waals surface area contributed by atoms with Crippen molar-refractivity contribution in [2.75, 3.05) is 6.61 Å². The van der Waals surface area contributed by atoms with Gasteiger partial charge in [-0.15, -0.1) is 0 Å². The SMILES string of the molecule is CCc1cc2ccccc2n1CC(=O)OCC=O. The maximum absolute atomic E-state index is 11.6. The van der Waals surface area contributed by atoms with Crippen molar-refractivity contribution in [2.45, 2.75) is 19.9 Å². The topological polar surface area (TPSA) is 48.3 Å². The van der Waals surface area contributed by atoms with Gasteiger partial charge in [0, 0.05) is 11.2 Å². The summed E-state index contributed by atoms with van der Waals surface area (Å²) in [5.41, 5.74) is 2.09. The molecule has 2 aromatic rings. The number of hydrogen-bond acceptors (Lipinski definition) is 3. The normalized spacial score (nSPS) is 10.5. The molecule has 0 bridgehead atoms. The third-order valence-corrected chi connectivity index (χ3v) is 2.86. The number of aldehydes is 1. The molecular formula is C14H15NO3. The van der Waals surface area contributed by atoms with E-state index in [0.29, 0.717) is 6.29 Å². The fourth-order valence-corrected chi connectivity index (χ4v) is 2.05. The third kappa shape index (κ3) is 2.42. The van der Waals surface area contributed by atoms with Gasteiger partial charge in [-0.1, -0.05) is 25.1 Å². The summed E-state index contributed by atoms with van der Waals surface area (Å²) >= 11 is 0. The first kappa shape index (κ1) is 12.4. The molecule has 0 spiro atoms. The molecule has 0 radical (unpaired) electrons. The van der Waals surface area contributed by atoms with E-state index in [1.54, 1.807) is 0 Å². The highest BCUT2D eigenvalue weighted by Gasteiger charge is 2.11. The van der Waals surface area contributed by atoms with Gasteiger partial charge < -0.3 is 9.30 Å². The second-order valence-corrected chi connectivity index (χ2v) is 3.98. The van der Waals surface area contributed by atoms with Crippen molar-refractivity contribution in [3.05, 3.63) is 36.0 Å². The highest BCUT2D eigenvalue weighted by Crippen LogP contribution is 2.20. The van der Waals surface area contributed by atoms with Crippen LogP contribution < -0.4 is 0 Å². The number of aromatic nitrogens is 1. The molecule has 0 amide bonds. The van der Waals surface area contributed by atoms with Crippen molar-refractivity contribution in [3.8, 4) is 0 Å². The van der Waals surface area contributed by atoms with Gasteiger partial charge in [0.2, 0.25) is 0 Å². The van der Waals surface area contributed by atoms with Crippen molar-refractivity contribution in [3.63, 3.8) is 0 Å². The zero-order valence-corrected chi connectivity index (χ0v) is 10.3. The van der Waals surface area contributed by atoms with Gasteiger partial charge in [0.05, 0.1) is 0 Å². The Morgan fingerprint density at radius 3 is 2.89 bits per heavy atom. The van der Waals surface area contributed by atoms with E-state index >= 15 is 0 Å². The summed E-state index contributed by atoms with van der Waals surface area (Å²) in [4.78, 5) is 21.7. The van der Waals surface area contributed by atoms with Crippen molar-refractivity contribution in [2.24, 2.45) is 0 Å². The Labute approximate surface area is 105 Å². The van der Waals surface area contributed by atoms with Crippen LogP contribution >= 0.6 is 0 Å². The summed E-state index contributed by atoms with van der Waals surface area (Å²) in [6.45, 7) is 2.01. The fourth-order valence-electron chi connectivity index (χ4n) is 2.05. The zero-order chi connectivity index (χ0) is 13.0.